The van der Waals surface area contributed by atoms with Gasteiger partial charge in [-0.3, -0.25) is 4.79 Å². The van der Waals surface area contributed by atoms with Crippen LogP contribution in [0.2, 0.25) is 0 Å². The zero-order valence-corrected chi connectivity index (χ0v) is 11.6. The molecule has 2 unspecified atom stereocenters. The van der Waals surface area contributed by atoms with Gasteiger partial charge in [-0.05, 0) is 38.5 Å². The van der Waals surface area contributed by atoms with E-state index in [9.17, 15) is 4.79 Å². The highest BCUT2D eigenvalue weighted by molar-refractivity contribution is 5.82. The largest absolute Gasteiger partial charge is 0.352 e. The van der Waals surface area contributed by atoms with Crippen molar-refractivity contribution in [2.45, 2.75) is 53.2 Å². The van der Waals surface area contributed by atoms with Gasteiger partial charge in [-0.15, -0.1) is 0 Å². The highest BCUT2D eigenvalue weighted by atomic mass is 16.7. The molecule has 1 fully saturated rings. The maximum absolute atomic E-state index is 12.0. The number of carbonyl (C=O) groups is 1. The van der Waals surface area contributed by atoms with Gasteiger partial charge in [-0.2, -0.15) is 0 Å². The molecule has 3 nitrogen and oxygen atoms in total. The minimum atomic E-state index is -0.334. The predicted octanol–water partition coefficient (Wildman–Crippen LogP) is 3.03. The molecule has 0 aromatic carbocycles. The van der Waals surface area contributed by atoms with E-state index in [1.54, 1.807) is 0 Å². The number of ketones is 1. The van der Waals surface area contributed by atoms with Crippen LogP contribution in [0.15, 0.2) is 0 Å². The Hall–Kier alpha value is -0.410. The molecule has 100 valence electrons. The Labute approximate surface area is 105 Å². The Morgan fingerprint density at radius 3 is 2.29 bits per heavy atom. The summed E-state index contributed by atoms with van der Waals surface area (Å²) >= 11 is 0. The van der Waals surface area contributed by atoms with E-state index in [-0.39, 0.29) is 12.2 Å². The zero-order valence-electron chi connectivity index (χ0n) is 11.6. The molecule has 17 heavy (non-hydrogen) atoms. The summed E-state index contributed by atoms with van der Waals surface area (Å²) < 4.78 is 11.2. The Bertz CT molecular complexity index is 232. The van der Waals surface area contributed by atoms with Gasteiger partial charge in [0.25, 0.3) is 0 Å². The van der Waals surface area contributed by atoms with E-state index in [2.05, 4.69) is 13.8 Å². The molecular weight excluding hydrogens is 216 g/mol. The van der Waals surface area contributed by atoms with Crippen LogP contribution in [0.1, 0.15) is 47.0 Å². The van der Waals surface area contributed by atoms with Crippen LogP contribution in [0.4, 0.5) is 0 Å². The Morgan fingerprint density at radius 1 is 1.24 bits per heavy atom. The minimum absolute atomic E-state index is 0.0592. The van der Waals surface area contributed by atoms with Crippen molar-refractivity contribution in [1.29, 1.82) is 0 Å². The van der Waals surface area contributed by atoms with Crippen molar-refractivity contribution in [2.24, 2.45) is 17.8 Å². The first-order valence-corrected chi connectivity index (χ1v) is 6.86. The van der Waals surface area contributed by atoms with Crippen molar-refractivity contribution < 1.29 is 14.3 Å². The van der Waals surface area contributed by atoms with Crippen molar-refractivity contribution in [3.05, 3.63) is 0 Å². The molecule has 0 radical (unpaired) electrons. The molecule has 1 aliphatic rings. The molecule has 0 amide bonds. The average Bonchev–Trinajstić information content (AvgIpc) is 2.29. The zero-order chi connectivity index (χ0) is 12.8. The molecule has 3 heteroatoms. The maximum Gasteiger partial charge on any atom is 0.167 e. The van der Waals surface area contributed by atoms with Gasteiger partial charge in [-0.1, -0.05) is 13.8 Å². The van der Waals surface area contributed by atoms with Gasteiger partial charge in [0.2, 0.25) is 0 Å². The number of hydrogen-bond donors (Lipinski definition) is 0. The van der Waals surface area contributed by atoms with E-state index in [4.69, 9.17) is 9.47 Å². The van der Waals surface area contributed by atoms with Crippen molar-refractivity contribution in [2.75, 3.05) is 13.2 Å². The highest BCUT2D eigenvalue weighted by Crippen LogP contribution is 2.34. The fraction of sp³-hybridized carbons (Fsp3) is 0.929. The Morgan fingerprint density at radius 2 is 1.82 bits per heavy atom. The summed E-state index contributed by atoms with van der Waals surface area (Å²) in [6, 6.07) is 0. The molecule has 0 spiro atoms. The van der Waals surface area contributed by atoms with Crippen molar-refractivity contribution in [1.82, 2.24) is 0 Å². The first-order valence-electron chi connectivity index (χ1n) is 6.86. The molecular formula is C14H26O3. The minimum Gasteiger partial charge on any atom is -0.352 e. The summed E-state index contributed by atoms with van der Waals surface area (Å²) in [5.41, 5.74) is 0. The smallest absolute Gasteiger partial charge is 0.167 e. The monoisotopic (exact) mass is 242 g/mol. The molecule has 0 saturated heterocycles. The molecule has 0 heterocycles. The van der Waals surface area contributed by atoms with E-state index in [1.165, 1.54) is 0 Å². The summed E-state index contributed by atoms with van der Waals surface area (Å²) in [6.45, 7) is 9.54. The lowest BCUT2D eigenvalue weighted by molar-refractivity contribution is -0.181. The molecule has 0 aromatic rings. The summed E-state index contributed by atoms with van der Waals surface area (Å²) in [5.74, 6) is 1.51. The van der Waals surface area contributed by atoms with Crippen LogP contribution in [0, 0.1) is 17.8 Å². The van der Waals surface area contributed by atoms with Crippen molar-refractivity contribution >= 4 is 5.78 Å². The highest BCUT2D eigenvalue weighted by Gasteiger charge is 2.36. The van der Waals surface area contributed by atoms with Gasteiger partial charge < -0.3 is 9.47 Å². The quantitative estimate of drug-likeness (QED) is 0.672. The Balaban J connectivity index is 2.65. The van der Waals surface area contributed by atoms with Gasteiger partial charge in [0, 0.05) is 19.6 Å². The lowest BCUT2D eigenvalue weighted by Gasteiger charge is -2.34. The van der Waals surface area contributed by atoms with Gasteiger partial charge in [0.1, 0.15) is 5.78 Å². The van der Waals surface area contributed by atoms with Crippen LogP contribution in [0.5, 0.6) is 0 Å². The van der Waals surface area contributed by atoms with Gasteiger partial charge >= 0.3 is 0 Å². The fourth-order valence-electron chi connectivity index (χ4n) is 2.57. The van der Waals surface area contributed by atoms with Crippen molar-refractivity contribution in [3.8, 4) is 0 Å². The first-order chi connectivity index (χ1) is 8.10. The molecule has 0 bridgehead atoms. The SMILES string of the molecule is CCOC(OCC)C1CC(C(C)C)CCC1=O. The number of carbonyl (C=O) groups excluding carboxylic acids is 1. The Kier molecular flexibility index (Phi) is 6.14. The predicted molar refractivity (Wildman–Crippen MR) is 67.7 cm³/mol. The molecule has 2 atom stereocenters. The third-order valence-electron chi connectivity index (χ3n) is 3.66. The third-order valence-corrected chi connectivity index (χ3v) is 3.66. The summed E-state index contributed by atoms with van der Waals surface area (Å²) in [4.78, 5) is 12.0. The number of Topliss-reactive ketones (excluding diaryl/α,β-unsaturated/α-hetero) is 1. The van der Waals surface area contributed by atoms with E-state index in [0.717, 1.165) is 12.8 Å². The van der Waals surface area contributed by atoms with Crippen LogP contribution >= 0.6 is 0 Å². The molecule has 0 N–H and O–H groups in total. The number of rotatable bonds is 6. The normalized spacial score (nSPS) is 25.9. The molecule has 1 aliphatic carbocycles. The lowest BCUT2D eigenvalue weighted by Crippen LogP contribution is -2.38. The van der Waals surface area contributed by atoms with Crippen LogP contribution in [0.3, 0.4) is 0 Å². The molecule has 1 rings (SSSR count). The summed E-state index contributed by atoms with van der Waals surface area (Å²) in [6.07, 6.45) is 2.29. The summed E-state index contributed by atoms with van der Waals surface area (Å²) in [5, 5.41) is 0. The van der Waals surface area contributed by atoms with Crippen LogP contribution in [0.25, 0.3) is 0 Å². The first kappa shape index (κ1) is 14.7. The fourth-order valence-corrected chi connectivity index (χ4v) is 2.57. The summed E-state index contributed by atoms with van der Waals surface area (Å²) in [7, 11) is 0. The topological polar surface area (TPSA) is 35.5 Å². The van der Waals surface area contributed by atoms with Crippen LogP contribution in [-0.2, 0) is 14.3 Å². The maximum atomic E-state index is 12.0. The molecule has 1 saturated carbocycles. The average molecular weight is 242 g/mol. The van der Waals surface area contributed by atoms with Crippen molar-refractivity contribution in [3.63, 3.8) is 0 Å². The van der Waals surface area contributed by atoms with E-state index >= 15 is 0 Å². The van der Waals surface area contributed by atoms with Gasteiger partial charge in [-0.25, -0.2) is 0 Å². The standard InChI is InChI=1S/C14H26O3/c1-5-16-14(17-6-2)12-9-11(10(3)4)7-8-13(12)15/h10-12,14H,5-9H2,1-4H3. The number of ether oxygens (including phenoxy) is 2. The molecule has 0 aliphatic heterocycles. The molecule has 0 aromatic heterocycles. The second kappa shape index (κ2) is 7.12. The lowest BCUT2D eigenvalue weighted by atomic mass is 9.75. The van der Waals surface area contributed by atoms with Gasteiger partial charge in [0.05, 0.1) is 5.92 Å². The van der Waals surface area contributed by atoms with Gasteiger partial charge in [0.15, 0.2) is 6.29 Å². The van der Waals surface area contributed by atoms with E-state index < -0.39 is 0 Å². The van der Waals surface area contributed by atoms with Crippen LogP contribution < -0.4 is 0 Å². The second-order valence-corrected chi connectivity index (χ2v) is 5.13. The second-order valence-electron chi connectivity index (χ2n) is 5.13. The van der Waals surface area contributed by atoms with E-state index in [1.807, 2.05) is 13.8 Å². The number of hydrogen-bond acceptors (Lipinski definition) is 3. The third kappa shape index (κ3) is 4.07. The van der Waals surface area contributed by atoms with E-state index in [0.29, 0.717) is 37.3 Å². The van der Waals surface area contributed by atoms with Crippen LogP contribution in [-0.4, -0.2) is 25.3 Å².